The fourth-order valence-electron chi connectivity index (χ4n) is 2.31. The normalized spacial score (nSPS) is 18.3. The summed E-state index contributed by atoms with van der Waals surface area (Å²) in [7, 11) is 0. The molecule has 1 saturated carbocycles. The standard InChI is InChI=1S/C15H21F2NO/c1-2-12(7-10-3-4-10)18-9-15(19)13-6-5-11(16)8-14(13)17/h5-6,8,10,12,15,18-19H,2-4,7,9H2,1H3. The number of rotatable bonds is 7. The lowest BCUT2D eigenvalue weighted by molar-refractivity contribution is 0.163. The summed E-state index contributed by atoms with van der Waals surface area (Å²) in [5.74, 6) is -0.497. The van der Waals surface area contributed by atoms with E-state index >= 15 is 0 Å². The molecule has 106 valence electrons. The molecule has 2 N–H and O–H groups in total. The van der Waals surface area contributed by atoms with E-state index in [-0.39, 0.29) is 5.56 Å². The number of hydrogen-bond acceptors (Lipinski definition) is 2. The van der Waals surface area contributed by atoms with Crippen molar-refractivity contribution in [2.24, 2.45) is 5.92 Å². The average Bonchev–Trinajstić information content (AvgIpc) is 3.18. The molecule has 0 aliphatic heterocycles. The van der Waals surface area contributed by atoms with Crippen molar-refractivity contribution in [1.82, 2.24) is 5.32 Å². The Hall–Kier alpha value is -1.00. The molecule has 1 aliphatic carbocycles. The zero-order chi connectivity index (χ0) is 13.8. The van der Waals surface area contributed by atoms with E-state index in [0.29, 0.717) is 12.6 Å². The number of benzene rings is 1. The van der Waals surface area contributed by atoms with Crippen molar-refractivity contribution in [3.8, 4) is 0 Å². The van der Waals surface area contributed by atoms with Gasteiger partial charge in [-0.1, -0.05) is 25.8 Å². The van der Waals surface area contributed by atoms with Crippen molar-refractivity contribution in [3.63, 3.8) is 0 Å². The van der Waals surface area contributed by atoms with E-state index in [4.69, 9.17) is 0 Å². The molecule has 1 fully saturated rings. The van der Waals surface area contributed by atoms with Gasteiger partial charge in [0.25, 0.3) is 0 Å². The quantitative estimate of drug-likeness (QED) is 0.797. The molecule has 2 unspecified atom stereocenters. The third-order valence-corrected chi connectivity index (χ3v) is 3.73. The Labute approximate surface area is 112 Å². The van der Waals surface area contributed by atoms with Crippen LogP contribution in [0.5, 0.6) is 0 Å². The van der Waals surface area contributed by atoms with Gasteiger partial charge in [0.1, 0.15) is 11.6 Å². The lowest BCUT2D eigenvalue weighted by Gasteiger charge is -2.20. The van der Waals surface area contributed by atoms with Crippen LogP contribution in [0, 0.1) is 17.6 Å². The van der Waals surface area contributed by atoms with Gasteiger partial charge in [-0.05, 0) is 24.8 Å². The summed E-state index contributed by atoms with van der Waals surface area (Å²) in [6.07, 6.45) is 3.78. The minimum atomic E-state index is -0.936. The largest absolute Gasteiger partial charge is 0.387 e. The molecule has 2 rings (SSSR count). The Morgan fingerprint density at radius 1 is 1.37 bits per heavy atom. The summed E-state index contributed by atoms with van der Waals surface area (Å²) in [6.45, 7) is 2.40. The molecule has 1 aromatic carbocycles. The van der Waals surface area contributed by atoms with Crippen LogP contribution in [0.25, 0.3) is 0 Å². The molecule has 4 heteroatoms. The predicted molar refractivity (Wildman–Crippen MR) is 70.7 cm³/mol. The van der Waals surface area contributed by atoms with E-state index in [1.54, 1.807) is 0 Å². The number of aliphatic hydroxyl groups excluding tert-OH is 1. The molecule has 2 atom stereocenters. The van der Waals surface area contributed by atoms with Crippen molar-refractivity contribution in [2.45, 2.75) is 44.8 Å². The van der Waals surface area contributed by atoms with Gasteiger partial charge >= 0.3 is 0 Å². The molecule has 0 bridgehead atoms. The molecule has 0 saturated heterocycles. The second kappa shape index (κ2) is 6.44. The lowest BCUT2D eigenvalue weighted by atomic mass is 10.1. The maximum Gasteiger partial charge on any atom is 0.131 e. The van der Waals surface area contributed by atoms with Crippen LogP contribution in [-0.4, -0.2) is 17.7 Å². The van der Waals surface area contributed by atoms with E-state index in [1.807, 2.05) is 0 Å². The number of aliphatic hydroxyl groups is 1. The third-order valence-electron chi connectivity index (χ3n) is 3.73. The van der Waals surface area contributed by atoms with Gasteiger partial charge in [-0.15, -0.1) is 0 Å². The van der Waals surface area contributed by atoms with Crippen LogP contribution in [0.3, 0.4) is 0 Å². The van der Waals surface area contributed by atoms with Crippen molar-refractivity contribution >= 4 is 0 Å². The monoisotopic (exact) mass is 269 g/mol. The highest BCUT2D eigenvalue weighted by molar-refractivity contribution is 5.21. The number of nitrogens with one attached hydrogen (secondary N) is 1. The molecule has 0 aromatic heterocycles. The van der Waals surface area contributed by atoms with Gasteiger partial charge in [0.15, 0.2) is 0 Å². The summed E-state index contributed by atoms with van der Waals surface area (Å²) in [5.41, 5.74) is 0.148. The Bertz CT molecular complexity index is 421. The van der Waals surface area contributed by atoms with E-state index in [1.165, 1.54) is 25.0 Å². The lowest BCUT2D eigenvalue weighted by Crippen LogP contribution is -2.33. The first-order chi connectivity index (χ1) is 9.10. The average molecular weight is 269 g/mol. The van der Waals surface area contributed by atoms with E-state index in [0.717, 1.165) is 24.8 Å². The van der Waals surface area contributed by atoms with E-state index in [9.17, 15) is 13.9 Å². The molecule has 0 spiro atoms. The van der Waals surface area contributed by atoms with Gasteiger partial charge in [0.2, 0.25) is 0 Å². The van der Waals surface area contributed by atoms with Crippen LogP contribution in [0.15, 0.2) is 18.2 Å². The van der Waals surface area contributed by atoms with Crippen LogP contribution < -0.4 is 5.32 Å². The molecule has 0 amide bonds. The summed E-state index contributed by atoms with van der Waals surface area (Å²) in [4.78, 5) is 0. The maximum absolute atomic E-state index is 13.5. The first kappa shape index (κ1) is 14.4. The summed E-state index contributed by atoms with van der Waals surface area (Å²) >= 11 is 0. The first-order valence-corrected chi connectivity index (χ1v) is 6.96. The summed E-state index contributed by atoms with van der Waals surface area (Å²) < 4.78 is 26.3. The van der Waals surface area contributed by atoms with Crippen molar-refractivity contribution in [3.05, 3.63) is 35.4 Å². The number of halogens is 2. The summed E-state index contributed by atoms with van der Waals surface area (Å²) in [5, 5.41) is 13.2. The molecule has 2 nitrogen and oxygen atoms in total. The summed E-state index contributed by atoms with van der Waals surface area (Å²) in [6, 6.07) is 3.65. The van der Waals surface area contributed by atoms with Crippen molar-refractivity contribution in [1.29, 1.82) is 0 Å². The highest BCUT2D eigenvalue weighted by Crippen LogP contribution is 2.34. The SMILES string of the molecule is CCC(CC1CC1)NCC(O)c1ccc(F)cc1F. The third kappa shape index (κ3) is 4.25. The molecule has 1 aromatic rings. The molecule has 0 heterocycles. The van der Waals surface area contributed by atoms with Gasteiger partial charge in [-0.25, -0.2) is 8.78 Å². The van der Waals surface area contributed by atoms with Crippen LogP contribution in [0.4, 0.5) is 8.78 Å². The van der Waals surface area contributed by atoms with Gasteiger partial charge < -0.3 is 10.4 Å². The van der Waals surface area contributed by atoms with Crippen molar-refractivity contribution < 1.29 is 13.9 Å². The van der Waals surface area contributed by atoms with Gasteiger partial charge in [0, 0.05) is 24.2 Å². The molecule has 1 aliphatic rings. The second-order valence-electron chi connectivity index (χ2n) is 5.37. The van der Waals surface area contributed by atoms with Crippen LogP contribution in [0.2, 0.25) is 0 Å². The maximum atomic E-state index is 13.5. The molecular formula is C15H21F2NO. The second-order valence-corrected chi connectivity index (χ2v) is 5.37. The minimum absolute atomic E-state index is 0.148. The van der Waals surface area contributed by atoms with Crippen LogP contribution in [0.1, 0.15) is 44.3 Å². The van der Waals surface area contributed by atoms with Gasteiger partial charge in [-0.3, -0.25) is 0 Å². The van der Waals surface area contributed by atoms with Crippen molar-refractivity contribution in [2.75, 3.05) is 6.54 Å². The van der Waals surface area contributed by atoms with Crippen LogP contribution >= 0.6 is 0 Å². The molecular weight excluding hydrogens is 248 g/mol. The minimum Gasteiger partial charge on any atom is -0.387 e. The Morgan fingerprint density at radius 2 is 2.11 bits per heavy atom. The number of hydrogen-bond donors (Lipinski definition) is 2. The Morgan fingerprint density at radius 3 is 2.68 bits per heavy atom. The molecule has 0 radical (unpaired) electrons. The fourth-order valence-corrected chi connectivity index (χ4v) is 2.31. The van der Waals surface area contributed by atoms with E-state index < -0.39 is 17.7 Å². The topological polar surface area (TPSA) is 32.3 Å². The predicted octanol–water partition coefficient (Wildman–Crippen LogP) is 3.17. The zero-order valence-electron chi connectivity index (χ0n) is 11.2. The smallest absolute Gasteiger partial charge is 0.131 e. The van der Waals surface area contributed by atoms with E-state index in [2.05, 4.69) is 12.2 Å². The first-order valence-electron chi connectivity index (χ1n) is 6.96. The fraction of sp³-hybridized carbons (Fsp3) is 0.600. The zero-order valence-corrected chi connectivity index (χ0v) is 11.2. The Balaban J connectivity index is 1.86. The van der Waals surface area contributed by atoms with Gasteiger partial charge in [-0.2, -0.15) is 0 Å². The Kier molecular flexibility index (Phi) is 4.88. The van der Waals surface area contributed by atoms with Gasteiger partial charge in [0.05, 0.1) is 6.10 Å². The highest BCUT2D eigenvalue weighted by Gasteiger charge is 2.25. The highest BCUT2D eigenvalue weighted by atomic mass is 19.1. The molecule has 19 heavy (non-hydrogen) atoms. The van der Waals surface area contributed by atoms with Crippen LogP contribution in [-0.2, 0) is 0 Å².